The molecule has 2 rings (SSSR count). The lowest BCUT2D eigenvalue weighted by atomic mass is 9.86. The highest BCUT2D eigenvalue weighted by Gasteiger charge is 2.22. The van der Waals surface area contributed by atoms with Gasteiger partial charge in [0.25, 0.3) is 0 Å². The predicted molar refractivity (Wildman–Crippen MR) is 95.9 cm³/mol. The number of hydrogen-bond acceptors (Lipinski definition) is 3. The highest BCUT2D eigenvalue weighted by atomic mass is 16.1. The average molecular weight is 315 g/mol. The maximum absolute atomic E-state index is 11.7. The summed E-state index contributed by atoms with van der Waals surface area (Å²) in [7, 11) is 1.84. The van der Waals surface area contributed by atoms with Crippen molar-refractivity contribution in [3.05, 3.63) is 35.6 Å². The number of aromatic nitrogens is 2. The van der Waals surface area contributed by atoms with E-state index in [9.17, 15) is 4.79 Å². The smallest absolute Gasteiger partial charge is 0.165 e. The van der Waals surface area contributed by atoms with Crippen molar-refractivity contribution < 1.29 is 4.79 Å². The molecule has 0 radical (unpaired) electrons. The molecule has 0 unspecified atom stereocenters. The molecule has 0 amide bonds. The van der Waals surface area contributed by atoms with E-state index in [0.717, 1.165) is 25.2 Å². The molecule has 1 aliphatic rings. The monoisotopic (exact) mass is 315 g/mol. The van der Waals surface area contributed by atoms with Crippen molar-refractivity contribution in [3.8, 4) is 0 Å². The summed E-state index contributed by atoms with van der Waals surface area (Å²) in [5.41, 5.74) is 2.24. The van der Waals surface area contributed by atoms with Gasteiger partial charge in [0.15, 0.2) is 5.78 Å². The number of rotatable bonds is 7. The van der Waals surface area contributed by atoms with Crippen molar-refractivity contribution in [2.24, 2.45) is 5.41 Å². The average Bonchev–Trinajstić information content (AvgIpc) is 2.71. The lowest BCUT2D eigenvalue weighted by molar-refractivity contribution is 0.101. The molecule has 0 aliphatic heterocycles. The molecule has 1 N–H and O–H groups in total. The van der Waals surface area contributed by atoms with Gasteiger partial charge in [-0.05, 0) is 44.4 Å². The lowest BCUT2D eigenvalue weighted by Crippen LogP contribution is -2.22. The summed E-state index contributed by atoms with van der Waals surface area (Å²) in [6, 6.07) is 0. The second-order valence-corrected chi connectivity index (χ2v) is 7.15. The van der Waals surface area contributed by atoms with Crippen LogP contribution in [0, 0.1) is 5.41 Å². The lowest BCUT2D eigenvalue weighted by Gasteiger charge is -2.26. The predicted octanol–water partition coefficient (Wildman–Crippen LogP) is 4.60. The third kappa shape index (κ3) is 4.81. The minimum absolute atomic E-state index is 0.0483. The number of allylic oxidation sites excluding steroid dienone is 4. The fourth-order valence-electron chi connectivity index (χ4n) is 3.01. The molecule has 0 fully saturated rings. The second-order valence-electron chi connectivity index (χ2n) is 7.15. The van der Waals surface area contributed by atoms with Crippen LogP contribution in [0.5, 0.6) is 0 Å². The van der Waals surface area contributed by atoms with E-state index in [2.05, 4.69) is 42.5 Å². The van der Waals surface area contributed by atoms with Crippen LogP contribution in [0.15, 0.2) is 30.0 Å². The zero-order valence-corrected chi connectivity index (χ0v) is 14.9. The van der Waals surface area contributed by atoms with E-state index in [0.29, 0.717) is 5.56 Å². The number of carbonyl (C=O) groups is 1. The number of nitrogens with zero attached hydrogens (tertiary/aromatic N) is 2. The van der Waals surface area contributed by atoms with E-state index in [4.69, 9.17) is 0 Å². The van der Waals surface area contributed by atoms with E-state index in [1.807, 2.05) is 11.7 Å². The van der Waals surface area contributed by atoms with Crippen molar-refractivity contribution in [2.45, 2.75) is 59.4 Å². The molecule has 4 heteroatoms. The number of anilines is 1. The van der Waals surface area contributed by atoms with Crippen LogP contribution in [0.25, 0.3) is 0 Å². The van der Waals surface area contributed by atoms with Gasteiger partial charge >= 0.3 is 0 Å². The molecule has 4 nitrogen and oxygen atoms in total. The molecule has 1 aromatic heterocycles. The van der Waals surface area contributed by atoms with E-state index >= 15 is 0 Å². The first-order valence-corrected chi connectivity index (χ1v) is 8.53. The normalized spacial score (nSPS) is 15.2. The van der Waals surface area contributed by atoms with Gasteiger partial charge < -0.3 is 5.32 Å². The van der Waals surface area contributed by atoms with Crippen LogP contribution in [0.2, 0.25) is 0 Å². The van der Waals surface area contributed by atoms with Crippen LogP contribution in [-0.4, -0.2) is 22.6 Å². The Kier molecular flexibility index (Phi) is 5.80. The number of ketones is 1. The molecule has 126 valence electrons. The third-order valence-electron chi connectivity index (χ3n) is 4.44. The van der Waals surface area contributed by atoms with Gasteiger partial charge in [0.1, 0.15) is 5.82 Å². The molecule has 0 aromatic carbocycles. The number of carbonyl (C=O) groups excluding carboxylic acids is 1. The zero-order valence-electron chi connectivity index (χ0n) is 14.9. The molecule has 0 spiro atoms. The Hall–Kier alpha value is -1.84. The Morgan fingerprint density at radius 3 is 2.87 bits per heavy atom. The first kappa shape index (κ1) is 17.5. The van der Waals surface area contributed by atoms with Crippen LogP contribution in [0.4, 0.5) is 5.82 Å². The van der Waals surface area contributed by atoms with Gasteiger partial charge in [-0.15, -0.1) is 0 Å². The Morgan fingerprint density at radius 1 is 1.39 bits per heavy atom. The summed E-state index contributed by atoms with van der Waals surface area (Å²) in [5.74, 6) is 0.867. The Bertz CT molecular complexity index is 608. The topological polar surface area (TPSA) is 46.9 Å². The first-order valence-electron chi connectivity index (χ1n) is 8.53. The van der Waals surface area contributed by atoms with Gasteiger partial charge in [0, 0.05) is 13.6 Å². The van der Waals surface area contributed by atoms with Crippen LogP contribution in [0.1, 0.15) is 63.2 Å². The molecular formula is C19H29N3O. The Balaban J connectivity index is 2.03. The number of hydrogen-bond donors (Lipinski definition) is 1. The highest BCUT2D eigenvalue weighted by Crippen LogP contribution is 2.30. The SMILES string of the molecule is CNc1c(C(C)=O)cnn1CC(C)(C)CCC1=CCCCC=C1. The molecule has 0 bridgehead atoms. The largest absolute Gasteiger partial charge is 0.373 e. The number of Topliss-reactive ketones (excluding diaryl/α,β-unsaturated/α-hetero) is 1. The molecule has 23 heavy (non-hydrogen) atoms. The Morgan fingerprint density at radius 2 is 2.17 bits per heavy atom. The van der Waals surface area contributed by atoms with Crippen molar-refractivity contribution >= 4 is 11.6 Å². The minimum atomic E-state index is 0.0483. The van der Waals surface area contributed by atoms with Gasteiger partial charge in [-0.2, -0.15) is 5.10 Å². The summed E-state index contributed by atoms with van der Waals surface area (Å²) in [5, 5.41) is 7.53. The van der Waals surface area contributed by atoms with Gasteiger partial charge in [-0.1, -0.05) is 37.6 Å². The molecular weight excluding hydrogens is 286 g/mol. The van der Waals surface area contributed by atoms with Crippen LogP contribution < -0.4 is 5.32 Å². The Labute approximate surface area is 139 Å². The maximum atomic E-state index is 11.7. The van der Waals surface area contributed by atoms with Crippen molar-refractivity contribution in [3.63, 3.8) is 0 Å². The van der Waals surface area contributed by atoms with Crippen molar-refractivity contribution in [2.75, 3.05) is 12.4 Å². The quantitative estimate of drug-likeness (QED) is 0.748. The number of nitrogens with one attached hydrogen (secondary N) is 1. The van der Waals surface area contributed by atoms with Gasteiger partial charge in [-0.25, -0.2) is 4.68 Å². The van der Waals surface area contributed by atoms with Crippen LogP contribution in [0.3, 0.4) is 0 Å². The molecule has 1 aliphatic carbocycles. The van der Waals surface area contributed by atoms with E-state index in [-0.39, 0.29) is 11.2 Å². The maximum Gasteiger partial charge on any atom is 0.165 e. The molecule has 1 heterocycles. The molecule has 0 saturated carbocycles. The summed E-state index contributed by atoms with van der Waals surface area (Å²) < 4.78 is 1.92. The van der Waals surface area contributed by atoms with Crippen LogP contribution in [-0.2, 0) is 6.54 Å². The minimum Gasteiger partial charge on any atom is -0.373 e. The van der Waals surface area contributed by atoms with Gasteiger partial charge in [0.2, 0.25) is 0 Å². The van der Waals surface area contributed by atoms with Crippen molar-refractivity contribution in [1.29, 1.82) is 0 Å². The van der Waals surface area contributed by atoms with E-state index in [1.165, 1.54) is 24.8 Å². The van der Waals surface area contributed by atoms with Crippen LogP contribution >= 0.6 is 0 Å². The molecule has 0 atom stereocenters. The zero-order chi connectivity index (χ0) is 16.9. The molecule has 0 saturated heterocycles. The van der Waals surface area contributed by atoms with E-state index in [1.54, 1.807) is 13.1 Å². The standard InChI is InChI=1S/C19H29N3O/c1-15(23)17-13-21-22(18(17)20-4)14-19(2,3)12-11-16-9-7-5-6-8-10-16/h7,9-10,13,20H,5-6,8,11-12,14H2,1-4H3. The second kappa shape index (κ2) is 7.62. The fourth-order valence-corrected chi connectivity index (χ4v) is 3.01. The first-order chi connectivity index (χ1) is 10.9. The van der Waals surface area contributed by atoms with E-state index < -0.39 is 0 Å². The summed E-state index contributed by atoms with van der Waals surface area (Å²) in [4.78, 5) is 11.7. The van der Waals surface area contributed by atoms with Crippen molar-refractivity contribution in [1.82, 2.24) is 9.78 Å². The molecule has 1 aromatic rings. The summed E-state index contributed by atoms with van der Waals surface area (Å²) in [6.45, 7) is 6.91. The highest BCUT2D eigenvalue weighted by molar-refractivity contribution is 5.98. The summed E-state index contributed by atoms with van der Waals surface area (Å²) >= 11 is 0. The van der Waals surface area contributed by atoms with Gasteiger partial charge in [0.05, 0.1) is 11.8 Å². The van der Waals surface area contributed by atoms with Gasteiger partial charge in [-0.3, -0.25) is 4.79 Å². The summed E-state index contributed by atoms with van der Waals surface area (Å²) in [6.07, 6.45) is 14.4. The fraction of sp³-hybridized carbons (Fsp3) is 0.579. The third-order valence-corrected chi connectivity index (χ3v) is 4.44.